The molecule has 5 nitrogen and oxygen atoms in total. The minimum absolute atomic E-state index is 0.218. The Hall–Kier alpha value is -3.18. The number of nitrogens with one attached hydrogen (secondary N) is 1. The minimum Gasteiger partial charge on any atom is -0.478 e. The lowest BCUT2D eigenvalue weighted by molar-refractivity contribution is 0.0696. The zero-order valence-electron chi connectivity index (χ0n) is 14.9. The molecule has 1 fully saturated rings. The van der Waals surface area contributed by atoms with E-state index in [1.165, 1.54) is 6.20 Å². The van der Waals surface area contributed by atoms with Gasteiger partial charge in [0.2, 0.25) is 0 Å². The number of aromatic nitrogens is 1. The summed E-state index contributed by atoms with van der Waals surface area (Å²) in [6.45, 7) is 2.15. The number of carboxylic acid groups (broad SMARTS) is 1. The van der Waals surface area contributed by atoms with Crippen molar-refractivity contribution in [2.24, 2.45) is 0 Å². The Morgan fingerprint density at radius 1 is 1.00 bits per heavy atom. The largest absolute Gasteiger partial charge is 0.478 e. The molecule has 0 amide bonds. The lowest BCUT2D eigenvalue weighted by atomic mass is 9.79. The number of hydrogen-bond donors (Lipinski definition) is 2. The molecule has 0 bridgehead atoms. The van der Waals surface area contributed by atoms with Crippen LogP contribution in [-0.4, -0.2) is 35.7 Å². The third kappa shape index (κ3) is 2.96. The molecule has 136 valence electrons. The molecule has 1 aliphatic rings. The van der Waals surface area contributed by atoms with Gasteiger partial charge in [-0.1, -0.05) is 60.7 Å². The lowest BCUT2D eigenvalue weighted by Gasteiger charge is -2.50. The van der Waals surface area contributed by atoms with E-state index in [4.69, 9.17) is 0 Å². The summed E-state index contributed by atoms with van der Waals surface area (Å²) in [5.74, 6) is -0.966. The average molecular weight is 359 g/mol. The highest BCUT2D eigenvalue weighted by Gasteiger charge is 2.43. The first-order valence-electron chi connectivity index (χ1n) is 9.00. The molecule has 2 N–H and O–H groups in total. The van der Waals surface area contributed by atoms with E-state index in [0.717, 1.165) is 17.7 Å². The monoisotopic (exact) mass is 359 g/mol. The number of carbonyl (C=O) groups is 1. The molecule has 5 heteroatoms. The Morgan fingerprint density at radius 3 is 2.22 bits per heavy atom. The van der Waals surface area contributed by atoms with Crippen molar-refractivity contribution in [1.29, 1.82) is 0 Å². The van der Waals surface area contributed by atoms with Crippen LogP contribution >= 0.6 is 0 Å². The first-order chi connectivity index (χ1) is 13.2. The summed E-state index contributed by atoms with van der Waals surface area (Å²) in [5, 5.41) is 13.2. The van der Waals surface area contributed by atoms with Crippen molar-refractivity contribution in [2.75, 3.05) is 24.5 Å². The third-order valence-electron chi connectivity index (χ3n) is 5.18. The number of anilines is 1. The highest BCUT2D eigenvalue weighted by molar-refractivity contribution is 5.94. The maximum Gasteiger partial charge on any atom is 0.339 e. The fourth-order valence-electron chi connectivity index (χ4n) is 3.97. The van der Waals surface area contributed by atoms with Gasteiger partial charge in [-0.25, -0.2) is 4.79 Å². The number of pyridine rings is 1. The highest BCUT2D eigenvalue weighted by atomic mass is 16.4. The van der Waals surface area contributed by atoms with Gasteiger partial charge in [0.25, 0.3) is 0 Å². The summed E-state index contributed by atoms with van der Waals surface area (Å²) in [4.78, 5) is 18.1. The molecule has 0 radical (unpaired) electrons. The fraction of sp³-hybridized carbons (Fsp3) is 0.182. The minimum atomic E-state index is -0.966. The molecule has 1 aliphatic heterocycles. The Bertz CT molecular complexity index is 889. The quantitative estimate of drug-likeness (QED) is 0.749. The zero-order chi connectivity index (χ0) is 18.7. The molecular weight excluding hydrogens is 338 g/mol. The molecule has 0 unspecified atom stereocenters. The van der Waals surface area contributed by atoms with Gasteiger partial charge in [-0.15, -0.1) is 0 Å². The van der Waals surface area contributed by atoms with E-state index in [-0.39, 0.29) is 5.56 Å². The van der Waals surface area contributed by atoms with Crippen LogP contribution in [0.3, 0.4) is 0 Å². The van der Waals surface area contributed by atoms with Crippen molar-refractivity contribution in [3.8, 4) is 0 Å². The maximum absolute atomic E-state index is 11.9. The van der Waals surface area contributed by atoms with Crippen LogP contribution in [0.15, 0.2) is 79.1 Å². The van der Waals surface area contributed by atoms with Gasteiger partial charge in [0, 0.05) is 32.0 Å². The van der Waals surface area contributed by atoms with E-state index in [1.54, 1.807) is 12.3 Å². The standard InChI is InChI=1S/C22H21N3O2/c26-21(27)19-15-23-12-11-20(19)25-14-13-24-16-22(25,17-7-3-1-4-8-17)18-9-5-2-6-10-18/h1-12,15,24H,13-14,16H2,(H,26,27). The molecule has 0 spiro atoms. The molecule has 2 aromatic carbocycles. The van der Waals surface area contributed by atoms with Crippen LogP contribution in [0.2, 0.25) is 0 Å². The van der Waals surface area contributed by atoms with Crippen molar-refractivity contribution >= 4 is 11.7 Å². The summed E-state index contributed by atoms with van der Waals surface area (Å²) >= 11 is 0. The van der Waals surface area contributed by atoms with E-state index in [9.17, 15) is 9.90 Å². The molecule has 0 aliphatic carbocycles. The predicted octanol–water partition coefficient (Wildman–Crippen LogP) is 3.13. The second-order valence-electron chi connectivity index (χ2n) is 6.62. The molecule has 2 heterocycles. The van der Waals surface area contributed by atoms with Crippen molar-refractivity contribution in [2.45, 2.75) is 5.54 Å². The van der Waals surface area contributed by atoms with Crippen molar-refractivity contribution in [3.63, 3.8) is 0 Å². The second kappa shape index (κ2) is 7.21. The van der Waals surface area contributed by atoms with E-state index in [1.807, 2.05) is 36.4 Å². The topological polar surface area (TPSA) is 65.5 Å². The SMILES string of the molecule is O=C(O)c1cnccc1N1CCNCC1(c1ccccc1)c1ccccc1. The normalized spacial score (nSPS) is 16.1. The van der Waals surface area contributed by atoms with Gasteiger partial charge < -0.3 is 15.3 Å². The number of nitrogens with zero attached hydrogens (tertiary/aromatic N) is 2. The number of hydrogen-bond acceptors (Lipinski definition) is 4. The highest BCUT2D eigenvalue weighted by Crippen LogP contribution is 2.41. The lowest BCUT2D eigenvalue weighted by Crippen LogP contribution is -2.60. The van der Waals surface area contributed by atoms with Crippen LogP contribution in [0.4, 0.5) is 5.69 Å². The summed E-state index contributed by atoms with van der Waals surface area (Å²) in [5.41, 5.74) is 2.64. The molecule has 1 saturated heterocycles. The predicted molar refractivity (Wildman–Crippen MR) is 105 cm³/mol. The smallest absolute Gasteiger partial charge is 0.339 e. The van der Waals surface area contributed by atoms with Gasteiger partial charge in [0.1, 0.15) is 11.1 Å². The van der Waals surface area contributed by atoms with Crippen molar-refractivity contribution in [1.82, 2.24) is 10.3 Å². The maximum atomic E-state index is 11.9. The van der Waals surface area contributed by atoms with Crippen LogP contribution < -0.4 is 10.2 Å². The first kappa shape index (κ1) is 17.2. The molecule has 4 rings (SSSR count). The van der Waals surface area contributed by atoms with Crippen LogP contribution in [0.1, 0.15) is 21.5 Å². The Morgan fingerprint density at radius 2 is 1.63 bits per heavy atom. The van der Waals surface area contributed by atoms with E-state index >= 15 is 0 Å². The van der Waals surface area contributed by atoms with Gasteiger partial charge in [-0.3, -0.25) is 4.98 Å². The average Bonchev–Trinajstić information content (AvgIpc) is 2.75. The molecule has 1 aromatic heterocycles. The summed E-state index contributed by atoms with van der Waals surface area (Å²) in [7, 11) is 0. The van der Waals surface area contributed by atoms with Gasteiger partial charge >= 0.3 is 5.97 Å². The Kier molecular flexibility index (Phi) is 4.60. The van der Waals surface area contributed by atoms with Crippen LogP contribution in [-0.2, 0) is 5.54 Å². The summed E-state index contributed by atoms with van der Waals surface area (Å²) in [6, 6.07) is 22.3. The summed E-state index contributed by atoms with van der Waals surface area (Å²) in [6.07, 6.45) is 3.09. The van der Waals surface area contributed by atoms with Crippen LogP contribution in [0.5, 0.6) is 0 Å². The van der Waals surface area contributed by atoms with E-state index < -0.39 is 11.5 Å². The Balaban J connectivity index is 1.98. The van der Waals surface area contributed by atoms with Gasteiger partial charge in [-0.2, -0.15) is 0 Å². The Labute approximate surface area is 158 Å². The second-order valence-corrected chi connectivity index (χ2v) is 6.62. The molecule has 27 heavy (non-hydrogen) atoms. The van der Waals surface area contributed by atoms with E-state index in [2.05, 4.69) is 39.5 Å². The van der Waals surface area contributed by atoms with Crippen molar-refractivity contribution in [3.05, 3.63) is 95.8 Å². The van der Waals surface area contributed by atoms with Gasteiger partial charge in [0.15, 0.2) is 0 Å². The molecule has 3 aromatic rings. The van der Waals surface area contributed by atoms with Crippen LogP contribution in [0, 0.1) is 0 Å². The number of piperazine rings is 1. The van der Waals surface area contributed by atoms with Gasteiger partial charge in [0.05, 0.1) is 5.69 Å². The fourth-order valence-corrected chi connectivity index (χ4v) is 3.97. The van der Waals surface area contributed by atoms with Crippen LogP contribution in [0.25, 0.3) is 0 Å². The van der Waals surface area contributed by atoms with Crippen molar-refractivity contribution < 1.29 is 9.90 Å². The third-order valence-corrected chi connectivity index (χ3v) is 5.18. The van der Waals surface area contributed by atoms with E-state index in [0.29, 0.717) is 18.8 Å². The number of aromatic carboxylic acids is 1. The number of rotatable bonds is 4. The number of carboxylic acids is 1. The first-order valence-corrected chi connectivity index (χ1v) is 9.00. The number of benzene rings is 2. The summed E-state index contributed by atoms with van der Waals surface area (Å²) < 4.78 is 0. The van der Waals surface area contributed by atoms with Gasteiger partial charge in [-0.05, 0) is 17.2 Å². The molecular formula is C22H21N3O2. The molecule has 0 saturated carbocycles. The zero-order valence-corrected chi connectivity index (χ0v) is 14.9. The molecule has 0 atom stereocenters.